The molecule has 3 rings (SSSR count). The molecule has 1 aromatic heterocycles. The van der Waals surface area contributed by atoms with Crippen molar-refractivity contribution in [3.8, 4) is 11.8 Å². The van der Waals surface area contributed by atoms with Crippen molar-refractivity contribution < 1.29 is 4.79 Å². The fraction of sp³-hybridized carbons (Fsp3) is 0.318. The zero-order valence-corrected chi connectivity index (χ0v) is 17.4. The highest BCUT2D eigenvalue weighted by Crippen LogP contribution is 2.28. The molecule has 1 unspecified atom stereocenters. The van der Waals surface area contributed by atoms with Crippen molar-refractivity contribution in [3.05, 3.63) is 54.1 Å². The topological polar surface area (TPSA) is 70.7 Å². The first-order chi connectivity index (χ1) is 13.3. The van der Waals surface area contributed by atoms with Crippen molar-refractivity contribution in [3.63, 3.8) is 0 Å². The highest BCUT2D eigenvalue weighted by Gasteiger charge is 2.30. The summed E-state index contributed by atoms with van der Waals surface area (Å²) >= 11 is 1.37. The maximum Gasteiger partial charge on any atom is 0.231 e. The smallest absolute Gasteiger partial charge is 0.231 e. The third kappa shape index (κ3) is 4.05. The quantitative estimate of drug-likeness (QED) is 0.628. The Labute approximate surface area is 169 Å². The molecule has 0 fully saturated rings. The lowest BCUT2D eigenvalue weighted by atomic mass is 9.90. The van der Waals surface area contributed by atoms with E-state index in [1.54, 1.807) is 6.92 Å². The second-order valence-electron chi connectivity index (χ2n) is 7.36. The Morgan fingerprint density at radius 2 is 1.93 bits per heavy atom. The number of para-hydroxylation sites is 2. The van der Waals surface area contributed by atoms with Crippen LogP contribution in [-0.2, 0) is 4.79 Å². The molecule has 0 spiro atoms. The summed E-state index contributed by atoms with van der Waals surface area (Å²) in [7, 11) is 0. The van der Waals surface area contributed by atoms with Gasteiger partial charge in [-0.15, -0.1) is 0 Å². The Balaban J connectivity index is 1.87. The van der Waals surface area contributed by atoms with E-state index in [4.69, 9.17) is 4.98 Å². The number of thioether (sulfide) groups is 1. The maximum atomic E-state index is 12.5. The molecular weight excluding hydrogens is 368 g/mol. The molecule has 0 aliphatic heterocycles. The number of carbonyl (C=O) groups is 1. The second kappa shape index (κ2) is 8.07. The molecule has 5 nitrogen and oxygen atoms in total. The molecule has 0 radical (unpaired) electrons. The number of nitrogens with one attached hydrogen (secondary N) is 1. The van der Waals surface area contributed by atoms with Crippen LogP contribution in [0.2, 0.25) is 0 Å². The van der Waals surface area contributed by atoms with Gasteiger partial charge in [0, 0.05) is 5.69 Å². The van der Waals surface area contributed by atoms with Crippen LogP contribution in [0.15, 0.2) is 53.7 Å². The van der Waals surface area contributed by atoms with Gasteiger partial charge in [-0.2, -0.15) is 5.26 Å². The number of hydrogen-bond donors (Lipinski definition) is 1. The van der Waals surface area contributed by atoms with Crippen LogP contribution in [0, 0.1) is 24.2 Å². The lowest BCUT2D eigenvalue weighted by Crippen LogP contribution is -2.49. The third-order valence-electron chi connectivity index (χ3n) is 4.94. The summed E-state index contributed by atoms with van der Waals surface area (Å²) in [5.41, 5.74) is 3.19. The number of benzene rings is 2. The monoisotopic (exact) mass is 392 g/mol. The van der Waals surface area contributed by atoms with Gasteiger partial charge in [-0.1, -0.05) is 55.4 Å². The van der Waals surface area contributed by atoms with Crippen molar-refractivity contribution in [2.24, 2.45) is 5.92 Å². The van der Waals surface area contributed by atoms with Gasteiger partial charge in [0.2, 0.25) is 5.91 Å². The Morgan fingerprint density at radius 3 is 2.57 bits per heavy atom. The number of imidazole rings is 1. The minimum absolute atomic E-state index is 0.0172. The van der Waals surface area contributed by atoms with Gasteiger partial charge in [0.15, 0.2) is 5.16 Å². The number of amides is 1. The number of aromatic nitrogens is 2. The van der Waals surface area contributed by atoms with E-state index in [-0.39, 0.29) is 17.6 Å². The fourth-order valence-electron chi connectivity index (χ4n) is 2.80. The van der Waals surface area contributed by atoms with Crippen molar-refractivity contribution >= 4 is 28.7 Å². The van der Waals surface area contributed by atoms with Gasteiger partial charge < -0.3 is 5.32 Å². The average molecular weight is 393 g/mol. The molecule has 0 bridgehead atoms. The SMILES string of the molecule is Cc1ccc(-n2c(SCC(=O)NC(C)(C#N)C(C)C)nc3ccccc32)cc1. The van der Waals surface area contributed by atoms with Crippen LogP contribution in [0.25, 0.3) is 16.7 Å². The summed E-state index contributed by atoms with van der Waals surface area (Å²) in [6.45, 7) is 7.65. The number of rotatable bonds is 6. The van der Waals surface area contributed by atoms with Crippen molar-refractivity contribution in [1.29, 1.82) is 5.26 Å². The van der Waals surface area contributed by atoms with Gasteiger partial charge in [0.1, 0.15) is 5.54 Å². The molecule has 3 aromatic rings. The Kier molecular flexibility index (Phi) is 5.76. The molecule has 0 aliphatic carbocycles. The Hall–Kier alpha value is -2.78. The van der Waals surface area contributed by atoms with E-state index in [0.717, 1.165) is 21.9 Å². The average Bonchev–Trinajstić information content (AvgIpc) is 3.05. The molecule has 0 saturated carbocycles. The van der Waals surface area contributed by atoms with Gasteiger partial charge in [-0.3, -0.25) is 9.36 Å². The standard InChI is InChI=1S/C22H24N4OS/c1-15(2)22(4,14-23)25-20(27)13-28-21-24-18-7-5-6-8-19(18)26(21)17-11-9-16(3)10-12-17/h5-12,15H,13H2,1-4H3,(H,25,27). The zero-order valence-electron chi connectivity index (χ0n) is 16.6. The molecule has 1 N–H and O–H groups in total. The molecule has 2 aromatic carbocycles. The summed E-state index contributed by atoms with van der Waals surface area (Å²) in [4.78, 5) is 17.2. The molecule has 0 aliphatic rings. The van der Waals surface area contributed by atoms with Crippen LogP contribution in [0.1, 0.15) is 26.3 Å². The molecular formula is C22H24N4OS. The first kappa shape index (κ1) is 20.0. The van der Waals surface area contributed by atoms with E-state index in [9.17, 15) is 10.1 Å². The van der Waals surface area contributed by atoms with Crippen molar-refractivity contribution in [2.75, 3.05) is 5.75 Å². The zero-order chi connectivity index (χ0) is 20.3. The highest BCUT2D eigenvalue weighted by molar-refractivity contribution is 7.99. The highest BCUT2D eigenvalue weighted by atomic mass is 32.2. The van der Waals surface area contributed by atoms with Crippen LogP contribution in [0.5, 0.6) is 0 Å². The summed E-state index contributed by atoms with van der Waals surface area (Å²) in [6.07, 6.45) is 0. The van der Waals surface area contributed by atoms with E-state index in [1.165, 1.54) is 17.3 Å². The van der Waals surface area contributed by atoms with Crippen LogP contribution in [0.4, 0.5) is 0 Å². The van der Waals surface area contributed by atoms with E-state index in [0.29, 0.717) is 0 Å². The second-order valence-corrected chi connectivity index (χ2v) is 8.30. The van der Waals surface area contributed by atoms with E-state index >= 15 is 0 Å². The van der Waals surface area contributed by atoms with Gasteiger partial charge in [-0.05, 0) is 44.0 Å². The normalized spacial score (nSPS) is 13.3. The third-order valence-corrected chi connectivity index (χ3v) is 5.88. The number of fused-ring (bicyclic) bond motifs is 1. The number of nitriles is 1. The van der Waals surface area contributed by atoms with Crippen LogP contribution in [0.3, 0.4) is 0 Å². The molecule has 1 atom stereocenters. The van der Waals surface area contributed by atoms with Gasteiger partial charge in [0.25, 0.3) is 0 Å². The predicted octanol–water partition coefficient (Wildman–Crippen LogP) is 4.48. The summed E-state index contributed by atoms with van der Waals surface area (Å²) < 4.78 is 2.07. The lowest BCUT2D eigenvalue weighted by molar-refractivity contribution is -0.120. The molecule has 1 heterocycles. The molecule has 1 amide bonds. The predicted molar refractivity (Wildman–Crippen MR) is 114 cm³/mol. The fourth-order valence-corrected chi connectivity index (χ4v) is 3.63. The van der Waals surface area contributed by atoms with E-state index in [1.807, 2.05) is 38.1 Å². The minimum Gasteiger partial charge on any atom is -0.337 e. The number of carbonyl (C=O) groups excluding carboxylic acids is 1. The summed E-state index contributed by atoms with van der Waals surface area (Å²) in [6, 6.07) is 18.4. The Bertz CT molecular complexity index is 1030. The molecule has 6 heteroatoms. The van der Waals surface area contributed by atoms with Crippen molar-refractivity contribution in [1.82, 2.24) is 14.9 Å². The van der Waals surface area contributed by atoms with Crippen molar-refractivity contribution in [2.45, 2.75) is 38.4 Å². The number of nitrogens with zero attached hydrogens (tertiary/aromatic N) is 3. The van der Waals surface area contributed by atoms with Gasteiger partial charge in [-0.25, -0.2) is 4.98 Å². The van der Waals surface area contributed by atoms with E-state index < -0.39 is 5.54 Å². The number of hydrogen-bond acceptors (Lipinski definition) is 4. The minimum atomic E-state index is -0.880. The first-order valence-electron chi connectivity index (χ1n) is 9.23. The first-order valence-corrected chi connectivity index (χ1v) is 10.2. The van der Waals surface area contributed by atoms with Crippen LogP contribution < -0.4 is 5.32 Å². The van der Waals surface area contributed by atoms with E-state index in [2.05, 4.69) is 47.1 Å². The summed E-state index contributed by atoms with van der Waals surface area (Å²) in [5, 5.41) is 13.0. The lowest BCUT2D eigenvalue weighted by Gasteiger charge is -2.27. The van der Waals surface area contributed by atoms with Crippen LogP contribution in [-0.4, -0.2) is 26.8 Å². The maximum absolute atomic E-state index is 12.5. The van der Waals surface area contributed by atoms with Gasteiger partial charge in [0.05, 0.1) is 22.9 Å². The van der Waals surface area contributed by atoms with Gasteiger partial charge >= 0.3 is 0 Å². The summed E-state index contributed by atoms with van der Waals surface area (Å²) in [5.74, 6) is 0.0351. The number of aryl methyl sites for hydroxylation is 1. The Morgan fingerprint density at radius 1 is 1.25 bits per heavy atom. The van der Waals surface area contributed by atoms with Crippen LogP contribution >= 0.6 is 11.8 Å². The molecule has 144 valence electrons. The molecule has 28 heavy (non-hydrogen) atoms. The largest absolute Gasteiger partial charge is 0.337 e. The molecule has 0 saturated heterocycles.